The minimum absolute atomic E-state index is 0.125. The minimum atomic E-state index is -0.834. The van der Waals surface area contributed by atoms with E-state index in [-0.39, 0.29) is 31.6 Å². The molecule has 364 valence electrons. The van der Waals surface area contributed by atoms with Gasteiger partial charge in [0.05, 0.1) is 0 Å². The molecule has 1 atom stereocenters. The third kappa shape index (κ3) is 50.4. The van der Waals surface area contributed by atoms with Crippen molar-refractivity contribution in [2.45, 2.75) is 207 Å². The van der Waals surface area contributed by atoms with Crippen LogP contribution in [-0.2, 0) is 28.6 Å². The van der Waals surface area contributed by atoms with Crippen molar-refractivity contribution in [2.24, 2.45) is 0 Å². The molecular formula is C59H92O6. The van der Waals surface area contributed by atoms with Crippen molar-refractivity contribution in [3.8, 4) is 0 Å². The third-order valence-electron chi connectivity index (χ3n) is 10.1. The summed E-state index contributed by atoms with van der Waals surface area (Å²) in [5.74, 6) is -1.05. The Balaban J connectivity index is 4.54. The first-order chi connectivity index (χ1) is 32.0. The number of unbranched alkanes of at least 4 members (excludes halogenated alkanes) is 11. The summed E-state index contributed by atoms with van der Waals surface area (Å²) in [7, 11) is 0. The quantitative estimate of drug-likeness (QED) is 0.0262. The first-order valence-electron chi connectivity index (χ1n) is 25.7. The first-order valence-corrected chi connectivity index (χ1v) is 25.7. The van der Waals surface area contributed by atoms with Crippen LogP contribution in [0.4, 0.5) is 0 Å². The molecule has 0 spiro atoms. The summed E-state index contributed by atoms with van der Waals surface area (Å²) in [4.78, 5) is 37.9. The van der Waals surface area contributed by atoms with Gasteiger partial charge in [-0.15, -0.1) is 0 Å². The maximum Gasteiger partial charge on any atom is 0.306 e. The van der Waals surface area contributed by atoms with Gasteiger partial charge in [-0.25, -0.2) is 0 Å². The highest BCUT2D eigenvalue weighted by Crippen LogP contribution is 2.12. The fourth-order valence-electron chi connectivity index (χ4n) is 6.40. The lowest BCUT2D eigenvalue weighted by Gasteiger charge is -2.18. The average molecular weight is 897 g/mol. The second kappa shape index (κ2) is 52.2. The molecule has 0 bridgehead atoms. The SMILES string of the molecule is CC/C=C\C/C=C\C/C=C\C/C=C\C/C=C\CCC(=O)OC(COC(=O)CCCCCCC/C=C\C/C=C\CC)COC(=O)CCCCCCCC/C=C\C/C=C\C/C=C\C/C=C\CC. The van der Waals surface area contributed by atoms with Crippen molar-refractivity contribution in [3.05, 3.63) is 134 Å². The van der Waals surface area contributed by atoms with Crippen molar-refractivity contribution in [1.82, 2.24) is 0 Å². The molecular weight excluding hydrogens is 805 g/mol. The van der Waals surface area contributed by atoms with Gasteiger partial charge in [-0.3, -0.25) is 14.4 Å². The van der Waals surface area contributed by atoms with Crippen LogP contribution in [0.1, 0.15) is 201 Å². The molecule has 0 aliphatic carbocycles. The summed E-state index contributed by atoms with van der Waals surface area (Å²) in [6.07, 6.45) is 73.1. The fraction of sp³-hybridized carbons (Fsp3) is 0.576. The van der Waals surface area contributed by atoms with Gasteiger partial charge >= 0.3 is 17.9 Å². The van der Waals surface area contributed by atoms with Crippen LogP contribution in [0.3, 0.4) is 0 Å². The molecule has 0 heterocycles. The first kappa shape index (κ1) is 60.5. The largest absolute Gasteiger partial charge is 0.462 e. The highest BCUT2D eigenvalue weighted by molar-refractivity contribution is 5.71. The normalized spacial score (nSPS) is 13.2. The number of esters is 3. The lowest BCUT2D eigenvalue weighted by molar-refractivity contribution is -0.166. The summed E-state index contributed by atoms with van der Waals surface area (Å²) >= 11 is 0. The average Bonchev–Trinajstić information content (AvgIpc) is 3.30. The number of ether oxygens (including phenoxy) is 3. The van der Waals surface area contributed by atoms with E-state index in [1.807, 2.05) is 12.2 Å². The van der Waals surface area contributed by atoms with Gasteiger partial charge in [-0.1, -0.05) is 199 Å². The second-order valence-corrected chi connectivity index (χ2v) is 16.3. The Hall–Kier alpha value is -4.45. The van der Waals surface area contributed by atoms with E-state index in [1.54, 1.807) is 0 Å². The van der Waals surface area contributed by atoms with Gasteiger partial charge in [0.2, 0.25) is 0 Å². The van der Waals surface area contributed by atoms with Crippen molar-refractivity contribution >= 4 is 17.9 Å². The Bertz CT molecular complexity index is 1450. The maximum atomic E-state index is 12.8. The Morgan fingerprint density at radius 2 is 0.585 bits per heavy atom. The Morgan fingerprint density at radius 1 is 0.308 bits per heavy atom. The molecule has 0 aromatic rings. The van der Waals surface area contributed by atoms with Crippen molar-refractivity contribution in [2.75, 3.05) is 13.2 Å². The summed E-state index contributed by atoms with van der Waals surface area (Å²) in [5.41, 5.74) is 0. The number of carbonyl (C=O) groups excluding carboxylic acids is 3. The zero-order chi connectivity index (χ0) is 47.2. The van der Waals surface area contributed by atoms with Gasteiger partial charge in [0.15, 0.2) is 6.10 Å². The summed E-state index contributed by atoms with van der Waals surface area (Å²) in [5, 5.41) is 0. The molecule has 0 rings (SSSR count). The fourth-order valence-corrected chi connectivity index (χ4v) is 6.40. The number of carbonyl (C=O) groups is 3. The van der Waals surface area contributed by atoms with Crippen LogP contribution in [0.25, 0.3) is 0 Å². The highest BCUT2D eigenvalue weighted by Gasteiger charge is 2.19. The van der Waals surface area contributed by atoms with Crippen LogP contribution < -0.4 is 0 Å². The van der Waals surface area contributed by atoms with E-state index in [2.05, 4.69) is 142 Å². The molecule has 0 radical (unpaired) electrons. The molecule has 0 aliphatic rings. The van der Waals surface area contributed by atoms with Crippen LogP contribution >= 0.6 is 0 Å². The van der Waals surface area contributed by atoms with E-state index in [4.69, 9.17) is 14.2 Å². The second-order valence-electron chi connectivity index (χ2n) is 16.3. The number of hydrogen-bond acceptors (Lipinski definition) is 6. The third-order valence-corrected chi connectivity index (χ3v) is 10.1. The molecule has 0 aromatic carbocycles. The zero-order valence-electron chi connectivity index (χ0n) is 41.4. The van der Waals surface area contributed by atoms with E-state index in [0.29, 0.717) is 19.3 Å². The molecule has 0 aliphatic heterocycles. The van der Waals surface area contributed by atoms with Crippen LogP contribution in [0.15, 0.2) is 134 Å². The Labute approximate surface area is 398 Å². The molecule has 0 saturated heterocycles. The summed E-state index contributed by atoms with van der Waals surface area (Å²) < 4.78 is 16.7. The van der Waals surface area contributed by atoms with Gasteiger partial charge in [0.1, 0.15) is 13.2 Å². The van der Waals surface area contributed by atoms with E-state index < -0.39 is 12.1 Å². The van der Waals surface area contributed by atoms with Crippen molar-refractivity contribution in [1.29, 1.82) is 0 Å². The van der Waals surface area contributed by atoms with Gasteiger partial charge in [0, 0.05) is 19.3 Å². The number of allylic oxidation sites excluding steroid dienone is 22. The number of rotatable bonds is 44. The molecule has 1 unspecified atom stereocenters. The van der Waals surface area contributed by atoms with Crippen LogP contribution in [0, 0.1) is 0 Å². The smallest absolute Gasteiger partial charge is 0.306 e. The number of hydrogen-bond donors (Lipinski definition) is 0. The predicted octanol–water partition coefficient (Wildman–Crippen LogP) is 17.1. The molecule has 6 heteroatoms. The maximum absolute atomic E-state index is 12.8. The molecule has 0 saturated carbocycles. The van der Waals surface area contributed by atoms with Crippen LogP contribution in [0.5, 0.6) is 0 Å². The zero-order valence-corrected chi connectivity index (χ0v) is 41.4. The summed E-state index contributed by atoms with van der Waals surface area (Å²) in [6, 6.07) is 0. The molecule has 0 fully saturated rings. The van der Waals surface area contributed by atoms with Crippen LogP contribution in [0.2, 0.25) is 0 Å². The predicted molar refractivity (Wildman–Crippen MR) is 279 cm³/mol. The lowest BCUT2D eigenvalue weighted by atomic mass is 10.1. The summed E-state index contributed by atoms with van der Waals surface area (Å²) in [6.45, 7) is 6.19. The lowest BCUT2D eigenvalue weighted by Crippen LogP contribution is -2.30. The van der Waals surface area contributed by atoms with Crippen molar-refractivity contribution < 1.29 is 28.6 Å². The molecule has 6 nitrogen and oxygen atoms in total. The van der Waals surface area contributed by atoms with Gasteiger partial charge in [0.25, 0.3) is 0 Å². The highest BCUT2D eigenvalue weighted by atomic mass is 16.6. The van der Waals surface area contributed by atoms with E-state index in [1.165, 1.54) is 12.8 Å². The standard InChI is InChI=1S/C59H92O6/c1-4-7-10-13-16-19-22-25-27-29-30-31-33-34-37-40-43-46-49-52-58(61)64-55-56(54-63-57(60)51-48-45-42-39-36-24-21-18-15-12-9-6-3)65-59(62)53-50-47-44-41-38-35-32-28-26-23-20-17-14-11-8-5-2/h7-12,16-21,25-28,30-31,35,38,44,47,56H,4-6,13-15,22-24,29,32-34,36-37,39-43,45-46,48-55H2,1-3H3/b10-7-,11-8-,12-9-,19-16-,20-17-,21-18-,27-25-,28-26-,31-30-,38-35-,47-44-. The Morgan fingerprint density at radius 3 is 0.923 bits per heavy atom. The molecule has 0 aromatic heterocycles. The van der Waals surface area contributed by atoms with Crippen LogP contribution in [-0.4, -0.2) is 37.2 Å². The minimum Gasteiger partial charge on any atom is -0.462 e. The molecule has 65 heavy (non-hydrogen) atoms. The molecule has 0 N–H and O–H groups in total. The Kier molecular flexibility index (Phi) is 48.6. The van der Waals surface area contributed by atoms with Gasteiger partial charge in [-0.2, -0.15) is 0 Å². The van der Waals surface area contributed by atoms with Gasteiger partial charge in [-0.05, 0) is 116 Å². The van der Waals surface area contributed by atoms with E-state index >= 15 is 0 Å². The van der Waals surface area contributed by atoms with Crippen molar-refractivity contribution in [3.63, 3.8) is 0 Å². The monoisotopic (exact) mass is 897 g/mol. The van der Waals surface area contributed by atoms with E-state index in [0.717, 1.165) is 141 Å². The van der Waals surface area contributed by atoms with Gasteiger partial charge < -0.3 is 14.2 Å². The molecule has 0 amide bonds. The van der Waals surface area contributed by atoms with E-state index in [9.17, 15) is 14.4 Å². The topological polar surface area (TPSA) is 78.9 Å².